The fourth-order valence-electron chi connectivity index (χ4n) is 4.89. The third-order valence-electron chi connectivity index (χ3n) is 6.12. The molecule has 0 bridgehead atoms. The number of ether oxygens (including phenoxy) is 1. The van der Waals surface area contributed by atoms with Crippen LogP contribution in [0.5, 0.6) is 0 Å². The molecule has 0 unspecified atom stereocenters. The fourth-order valence-corrected chi connectivity index (χ4v) is 4.89. The number of fused-ring (bicyclic) bond motifs is 1. The van der Waals surface area contributed by atoms with Gasteiger partial charge in [0.05, 0.1) is 7.11 Å². The number of carbonyl (C=O) groups is 3. The molecule has 2 heterocycles. The number of rotatable bonds is 4. The van der Waals surface area contributed by atoms with E-state index in [1.165, 1.54) is 13.2 Å². The van der Waals surface area contributed by atoms with E-state index in [1.807, 2.05) is 0 Å². The first-order valence-corrected chi connectivity index (χ1v) is 9.57. The molecule has 7 heteroatoms. The number of hydrogen-bond donors (Lipinski definition) is 1. The molecule has 2 N–H and O–H groups in total. The van der Waals surface area contributed by atoms with Gasteiger partial charge in [0.2, 0.25) is 17.4 Å². The number of methoxy groups -OCH3 is 1. The van der Waals surface area contributed by atoms with Crippen LogP contribution in [0.2, 0.25) is 0 Å². The van der Waals surface area contributed by atoms with Crippen molar-refractivity contribution in [3.05, 3.63) is 71.5 Å². The highest BCUT2D eigenvalue weighted by atomic mass is 19.1. The Balaban J connectivity index is 1.97. The number of hydrogen-bond acceptors (Lipinski definition) is 4. The maximum Gasteiger partial charge on any atom is 0.373 e. The Morgan fingerprint density at radius 2 is 1.76 bits per heavy atom. The summed E-state index contributed by atoms with van der Waals surface area (Å²) in [6, 6.07) is 14.2. The van der Waals surface area contributed by atoms with Gasteiger partial charge in [-0.15, -0.1) is 0 Å². The molecule has 4 rings (SSSR count). The zero-order chi connectivity index (χ0) is 20.8. The summed E-state index contributed by atoms with van der Waals surface area (Å²) in [5, 5.41) is 1.64. The lowest BCUT2D eigenvalue weighted by atomic mass is 9.75. The predicted octanol–water partition coefficient (Wildman–Crippen LogP) is 1.13. The zero-order valence-corrected chi connectivity index (χ0v) is 16.2. The minimum Gasteiger partial charge on any atom is -0.464 e. The van der Waals surface area contributed by atoms with Crippen molar-refractivity contribution < 1.29 is 28.8 Å². The Morgan fingerprint density at radius 1 is 1.10 bits per heavy atom. The van der Waals surface area contributed by atoms with E-state index >= 15 is 0 Å². The quantitative estimate of drug-likeness (QED) is 0.620. The standard InChI is InChI=1S/C22H21FN2O4/c1-3-25-19(26)16-17(20(25)27)22(21(28)29-2,13-9-5-4-6-10-13)24-18(16)14-11-7-8-12-15(14)23/h4-12,16-18,24H,3H2,1-2H3/p+1/t16-,17+,18-,22-/m1/s1. The summed E-state index contributed by atoms with van der Waals surface area (Å²) in [4.78, 5) is 40.8. The first kappa shape index (κ1) is 19.3. The van der Waals surface area contributed by atoms with Gasteiger partial charge in [-0.1, -0.05) is 48.5 Å². The average molecular weight is 397 g/mol. The zero-order valence-electron chi connectivity index (χ0n) is 16.2. The van der Waals surface area contributed by atoms with E-state index in [9.17, 15) is 18.8 Å². The van der Waals surface area contributed by atoms with E-state index in [0.717, 1.165) is 4.90 Å². The normalized spacial score (nSPS) is 28.5. The molecular weight excluding hydrogens is 375 g/mol. The summed E-state index contributed by atoms with van der Waals surface area (Å²) in [7, 11) is 1.26. The van der Waals surface area contributed by atoms with Crippen molar-refractivity contribution in [3.63, 3.8) is 0 Å². The third-order valence-corrected chi connectivity index (χ3v) is 6.12. The van der Waals surface area contributed by atoms with Crippen LogP contribution in [0.15, 0.2) is 54.6 Å². The van der Waals surface area contributed by atoms with Gasteiger partial charge in [-0.2, -0.15) is 0 Å². The molecule has 0 aliphatic carbocycles. The van der Waals surface area contributed by atoms with Crippen molar-refractivity contribution in [1.29, 1.82) is 0 Å². The largest absolute Gasteiger partial charge is 0.464 e. The third kappa shape index (κ3) is 2.61. The highest BCUT2D eigenvalue weighted by molar-refractivity contribution is 6.08. The van der Waals surface area contributed by atoms with Gasteiger partial charge in [0.1, 0.15) is 23.7 Å². The second-order valence-corrected chi connectivity index (χ2v) is 7.36. The second kappa shape index (κ2) is 7.08. The van der Waals surface area contributed by atoms with E-state index in [-0.39, 0.29) is 12.5 Å². The van der Waals surface area contributed by atoms with E-state index in [0.29, 0.717) is 11.1 Å². The Bertz CT molecular complexity index is 980. The summed E-state index contributed by atoms with van der Waals surface area (Å²) in [5.74, 6) is -3.75. The molecule has 4 atom stereocenters. The highest BCUT2D eigenvalue weighted by Gasteiger charge is 2.73. The summed E-state index contributed by atoms with van der Waals surface area (Å²) >= 11 is 0. The van der Waals surface area contributed by atoms with E-state index < -0.39 is 41.1 Å². The molecule has 0 spiro atoms. The summed E-state index contributed by atoms with van der Waals surface area (Å²) in [5.41, 5.74) is -0.618. The molecule has 2 aromatic carbocycles. The van der Waals surface area contributed by atoms with E-state index in [2.05, 4.69) is 0 Å². The topological polar surface area (TPSA) is 80.3 Å². The van der Waals surface area contributed by atoms with Crippen LogP contribution < -0.4 is 5.32 Å². The second-order valence-electron chi connectivity index (χ2n) is 7.36. The number of imide groups is 1. The van der Waals surface area contributed by atoms with Crippen molar-refractivity contribution >= 4 is 17.8 Å². The Labute approximate surface area is 167 Å². The minimum absolute atomic E-state index is 0.195. The Morgan fingerprint density at radius 3 is 2.38 bits per heavy atom. The lowest BCUT2D eigenvalue weighted by Crippen LogP contribution is -2.96. The molecular formula is C22H22FN2O4+. The lowest BCUT2D eigenvalue weighted by Gasteiger charge is -2.29. The Kier molecular flexibility index (Phi) is 4.70. The van der Waals surface area contributed by atoms with Gasteiger partial charge in [-0.05, 0) is 13.0 Å². The number of amides is 2. The van der Waals surface area contributed by atoms with Gasteiger partial charge < -0.3 is 10.1 Å². The van der Waals surface area contributed by atoms with Crippen LogP contribution in [-0.2, 0) is 24.7 Å². The highest BCUT2D eigenvalue weighted by Crippen LogP contribution is 2.48. The number of benzene rings is 2. The number of carbonyl (C=O) groups excluding carboxylic acids is 3. The van der Waals surface area contributed by atoms with Crippen molar-refractivity contribution in [3.8, 4) is 0 Å². The maximum atomic E-state index is 14.7. The molecule has 150 valence electrons. The SMILES string of the molecule is CCN1C(=O)[C@H]2[C@@H](c3ccccc3F)[NH2+][C@](C(=O)OC)(c3ccccc3)[C@@H]2C1=O. The van der Waals surface area contributed by atoms with Gasteiger partial charge >= 0.3 is 5.97 Å². The van der Waals surface area contributed by atoms with E-state index in [1.54, 1.807) is 60.8 Å². The Hall–Kier alpha value is -3.06. The summed E-state index contributed by atoms with van der Waals surface area (Å²) in [6.07, 6.45) is 0. The molecule has 2 fully saturated rings. The van der Waals surface area contributed by atoms with Crippen molar-refractivity contribution in [2.45, 2.75) is 18.5 Å². The molecule has 0 saturated carbocycles. The summed E-state index contributed by atoms with van der Waals surface area (Å²) < 4.78 is 19.8. The lowest BCUT2D eigenvalue weighted by molar-refractivity contribution is -0.742. The molecule has 2 amide bonds. The van der Waals surface area contributed by atoms with Gasteiger partial charge in [-0.3, -0.25) is 14.5 Å². The molecule has 2 saturated heterocycles. The van der Waals surface area contributed by atoms with Crippen LogP contribution in [0, 0.1) is 17.7 Å². The van der Waals surface area contributed by atoms with Crippen LogP contribution >= 0.6 is 0 Å². The monoisotopic (exact) mass is 397 g/mol. The van der Waals surface area contributed by atoms with Gasteiger partial charge in [0.25, 0.3) is 0 Å². The van der Waals surface area contributed by atoms with Crippen LogP contribution in [0.3, 0.4) is 0 Å². The maximum absolute atomic E-state index is 14.7. The fraction of sp³-hybridized carbons (Fsp3) is 0.318. The van der Waals surface area contributed by atoms with Crippen LogP contribution in [0.4, 0.5) is 4.39 Å². The number of quaternary nitrogens is 1. The first-order valence-electron chi connectivity index (χ1n) is 9.57. The van der Waals surface area contributed by atoms with Gasteiger partial charge in [0, 0.05) is 17.7 Å². The molecule has 2 aliphatic heterocycles. The number of nitrogens with zero attached hydrogens (tertiary/aromatic N) is 1. The molecule has 0 radical (unpaired) electrons. The van der Waals surface area contributed by atoms with Gasteiger partial charge in [0.15, 0.2) is 0 Å². The van der Waals surface area contributed by atoms with Crippen LogP contribution in [-0.4, -0.2) is 36.3 Å². The van der Waals surface area contributed by atoms with Gasteiger partial charge in [-0.25, -0.2) is 9.18 Å². The minimum atomic E-state index is -1.47. The van der Waals surface area contributed by atoms with Crippen LogP contribution in [0.25, 0.3) is 0 Å². The first-order chi connectivity index (χ1) is 14.0. The summed E-state index contributed by atoms with van der Waals surface area (Å²) in [6.45, 7) is 1.90. The molecule has 2 aromatic rings. The van der Waals surface area contributed by atoms with Crippen LogP contribution in [0.1, 0.15) is 24.1 Å². The average Bonchev–Trinajstić information content (AvgIpc) is 3.23. The molecule has 29 heavy (non-hydrogen) atoms. The number of nitrogens with two attached hydrogens (primary N) is 1. The molecule has 6 nitrogen and oxygen atoms in total. The predicted molar refractivity (Wildman–Crippen MR) is 101 cm³/mol. The van der Waals surface area contributed by atoms with Crippen molar-refractivity contribution in [1.82, 2.24) is 4.90 Å². The van der Waals surface area contributed by atoms with E-state index in [4.69, 9.17) is 4.74 Å². The number of halogens is 1. The smallest absolute Gasteiger partial charge is 0.373 e. The molecule has 0 aromatic heterocycles. The van der Waals surface area contributed by atoms with Crippen molar-refractivity contribution in [2.75, 3.05) is 13.7 Å². The number of likely N-dealkylation sites (tertiary alicyclic amines) is 1. The van der Waals surface area contributed by atoms with Crippen molar-refractivity contribution in [2.24, 2.45) is 11.8 Å². The molecule has 2 aliphatic rings. The number of esters is 1.